The molecule has 0 unspecified atom stereocenters. The van der Waals surface area contributed by atoms with E-state index in [1.807, 2.05) is 17.5 Å². The Balaban J connectivity index is 1.59. The number of ether oxygens (including phenoxy) is 1. The Morgan fingerprint density at radius 3 is 2.73 bits per heavy atom. The third kappa shape index (κ3) is 4.24. The lowest BCUT2D eigenvalue weighted by Crippen LogP contribution is -2.46. The summed E-state index contributed by atoms with van der Waals surface area (Å²) in [6.45, 7) is 1.92. The Morgan fingerprint density at radius 2 is 2.03 bits per heavy atom. The summed E-state index contributed by atoms with van der Waals surface area (Å²) < 4.78 is 20.5. The maximum atomic E-state index is 13.8. The maximum Gasteiger partial charge on any atom is 0.293 e. The number of carbonyl (C=O) groups is 2. The second kappa shape index (κ2) is 8.72. The van der Waals surface area contributed by atoms with Gasteiger partial charge in [-0.05, 0) is 29.6 Å². The van der Waals surface area contributed by atoms with Crippen LogP contribution in [0, 0.1) is 5.82 Å². The van der Waals surface area contributed by atoms with Gasteiger partial charge in [0.2, 0.25) is 11.7 Å². The molecule has 156 valence electrons. The van der Waals surface area contributed by atoms with Crippen molar-refractivity contribution in [3.05, 3.63) is 53.4 Å². The molecule has 4 rings (SSSR count). The molecule has 30 heavy (non-hydrogen) atoms. The molecule has 2 amide bonds. The number of aromatic nitrogens is 3. The van der Waals surface area contributed by atoms with Crippen LogP contribution in [0.15, 0.2) is 41.8 Å². The number of carbonyl (C=O) groups excluding carboxylic acids is 2. The summed E-state index contributed by atoms with van der Waals surface area (Å²) in [5.41, 5.74) is 0.456. The molecule has 0 N–H and O–H groups in total. The maximum absolute atomic E-state index is 13.8. The standard InChI is InChI=1S/C20H20FN5O3S/c1-24(13-17(27)25-7-9-29-10-8-25)20(28)18-22-19(16-6-3-11-30-16)26(23-18)15-5-2-4-14(21)12-15/h2-6,11-12H,7-10,13H2,1H3. The predicted octanol–water partition coefficient (Wildman–Crippen LogP) is 2.07. The number of likely N-dealkylation sites (N-methyl/N-ethyl adjacent to an activating group) is 1. The zero-order chi connectivity index (χ0) is 21.1. The van der Waals surface area contributed by atoms with Gasteiger partial charge in [0.1, 0.15) is 5.82 Å². The van der Waals surface area contributed by atoms with Gasteiger partial charge in [-0.1, -0.05) is 12.1 Å². The number of amides is 2. The average molecular weight is 429 g/mol. The molecule has 1 saturated heterocycles. The van der Waals surface area contributed by atoms with Gasteiger partial charge in [-0.25, -0.2) is 14.1 Å². The first-order valence-corrected chi connectivity index (χ1v) is 10.3. The molecule has 1 fully saturated rings. The minimum absolute atomic E-state index is 0.0556. The highest BCUT2D eigenvalue weighted by atomic mass is 32.1. The van der Waals surface area contributed by atoms with Crippen molar-refractivity contribution in [2.24, 2.45) is 0 Å². The third-order valence-electron chi connectivity index (χ3n) is 4.68. The minimum Gasteiger partial charge on any atom is -0.378 e. The van der Waals surface area contributed by atoms with Crippen LogP contribution in [0.1, 0.15) is 10.6 Å². The van der Waals surface area contributed by atoms with Crippen LogP contribution in [0.25, 0.3) is 16.4 Å². The lowest BCUT2D eigenvalue weighted by atomic mass is 10.3. The summed E-state index contributed by atoms with van der Waals surface area (Å²) >= 11 is 1.44. The predicted molar refractivity (Wildman–Crippen MR) is 109 cm³/mol. The molecule has 1 aromatic carbocycles. The molecule has 3 aromatic rings. The van der Waals surface area contributed by atoms with Crippen molar-refractivity contribution in [2.45, 2.75) is 0 Å². The topological polar surface area (TPSA) is 80.6 Å². The first-order valence-electron chi connectivity index (χ1n) is 9.41. The number of thiophene rings is 1. The van der Waals surface area contributed by atoms with Crippen LogP contribution in [-0.4, -0.2) is 76.3 Å². The van der Waals surface area contributed by atoms with Crippen molar-refractivity contribution in [2.75, 3.05) is 39.9 Å². The van der Waals surface area contributed by atoms with E-state index in [9.17, 15) is 14.0 Å². The van der Waals surface area contributed by atoms with Crippen LogP contribution in [0.5, 0.6) is 0 Å². The molecule has 0 spiro atoms. The summed E-state index contributed by atoms with van der Waals surface area (Å²) in [6, 6.07) is 9.63. The van der Waals surface area contributed by atoms with Crippen molar-refractivity contribution in [3.63, 3.8) is 0 Å². The summed E-state index contributed by atoms with van der Waals surface area (Å²) in [4.78, 5) is 33.5. The van der Waals surface area contributed by atoms with E-state index >= 15 is 0 Å². The molecule has 0 saturated carbocycles. The molecule has 0 radical (unpaired) electrons. The molecular weight excluding hydrogens is 409 g/mol. The van der Waals surface area contributed by atoms with E-state index in [0.29, 0.717) is 37.8 Å². The van der Waals surface area contributed by atoms with Gasteiger partial charge in [0.15, 0.2) is 5.82 Å². The largest absolute Gasteiger partial charge is 0.378 e. The van der Waals surface area contributed by atoms with Crippen LogP contribution in [0.2, 0.25) is 0 Å². The molecule has 10 heteroatoms. The molecule has 0 aliphatic carbocycles. The first-order chi connectivity index (χ1) is 14.5. The van der Waals surface area contributed by atoms with Crippen molar-refractivity contribution in [1.82, 2.24) is 24.6 Å². The summed E-state index contributed by atoms with van der Waals surface area (Å²) in [5, 5.41) is 6.21. The Bertz CT molecular complexity index is 1050. The van der Waals surface area contributed by atoms with Crippen molar-refractivity contribution >= 4 is 23.2 Å². The van der Waals surface area contributed by atoms with Crippen LogP contribution >= 0.6 is 11.3 Å². The second-order valence-electron chi connectivity index (χ2n) is 6.78. The number of rotatable bonds is 5. The lowest BCUT2D eigenvalue weighted by molar-refractivity contribution is -0.135. The Hall–Kier alpha value is -3.11. The van der Waals surface area contributed by atoms with E-state index in [-0.39, 0.29) is 18.3 Å². The Labute approximate surface area is 176 Å². The van der Waals surface area contributed by atoms with Gasteiger partial charge >= 0.3 is 0 Å². The lowest BCUT2D eigenvalue weighted by Gasteiger charge is -2.28. The smallest absolute Gasteiger partial charge is 0.293 e. The third-order valence-corrected chi connectivity index (χ3v) is 5.54. The molecular formula is C20H20FN5O3S. The second-order valence-corrected chi connectivity index (χ2v) is 7.73. The monoisotopic (exact) mass is 429 g/mol. The van der Waals surface area contributed by atoms with Gasteiger partial charge < -0.3 is 14.5 Å². The van der Waals surface area contributed by atoms with E-state index in [1.54, 1.807) is 17.0 Å². The number of hydrogen-bond acceptors (Lipinski definition) is 6. The zero-order valence-corrected chi connectivity index (χ0v) is 17.1. The molecule has 3 heterocycles. The number of halogens is 1. The fourth-order valence-electron chi connectivity index (χ4n) is 3.11. The molecule has 0 atom stereocenters. The van der Waals surface area contributed by atoms with E-state index in [4.69, 9.17) is 4.74 Å². The molecule has 0 bridgehead atoms. The first kappa shape index (κ1) is 20.2. The minimum atomic E-state index is -0.482. The number of nitrogens with zero attached hydrogens (tertiary/aromatic N) is 5. The van der Waals surface area contributed by atoms with E-state index in [1.165, 1.54) is 40.1 Å². The van der Waals surface area contributed by atoms with E-state index < -0.39 is 11.7 Å². The van der Waals surface area contributed by atoms with Gasteiger partial charge in [-0.3, -0.25) is 9.59 Å². The van der Waals surface area contributed by atoms with Gasteiger partial charge in [-0.15, -0.1) is 16.4 Å². The molecule has 2 aromatic heterocycles. The normalized spacial score (nSPS) is 14.0. The Kier molecular flexibility index (Phi) is 5.86. The highest BCUT2D eigenvalue weighted by Crippen LogP contribution is 2.26. The number of hydrogen-bond donors (Lipinski definition) is 0. The number of morpholine rings is 1. The van der Waals surface area contributed by atoms with Crippen molar-refractivity contribution < 1.29 is 18.7 Å². The molecule has 1 aliphatic rings. The summed E-state index contributed by atoms with van der Waals surface area (Å²) in [7, 11) is 1.54. The SMILES string of the molecule is CN(CC(=O)N1CCOCC1)C(=O)c1nc(-c2cccs2)n(-c2cccc(F)c2)n1. The Morgan fingerprint density at radius 1 is 1.23 bits per heavy atom. The average Bonchev–Trinajstić information content (AvgIpc) is 3.43. The van der Waals surface area contributed by atoms with E-state index in [0.717, 1.165) is 4.88 Å². The van der Waals surface area contributed by atoms with Crippen LogP contribution in [-0.2, 0) is 9.53 Å². The number of benzene rings is 1. The molecule has 8 nitrogen and oxygen atoms in total. The van der Waals surface area contributed by atoms with Gasteiger partial charge in [0.25, 0.3) is 5.91 Å². The van der Waals surface area contributed by atoms with Crippen LogP contribution in [0.3, 0.4) is 0 Å². The van der Waals surface area contributed by atoms with Gasteiger partial charge in [-0.2, -0.15) is 0 Å². The fraction of sp³-hybridized carbons (Fsp3) is 0.300. The van der Waals surface area contributed by atoms with Gasteiger partial charge in [0.05, 0.1) is 30.3 Å². The summed E-state index contributed by atoms with van der Waals surface area (Å²) in [5.74, 6) is -0.671. The van der Waals surface area contributed by atoms with Crippen molar-refractivity contribution in [1.29, 1.82) is 0 Å². The highest BCUT2D eigenvalue weighted by Gasteiger charge is 2.25. The quantitative estimate of drug-likeness (QED) is 0.620. The fourth-order valence-corrected chi connectivity index (χ4v) is 3.81. The zero-order valence-electron chi connectivity index (χ0n) is 16.3. The highest BCUT2D eigenvalue weighted by molar-refractivity contribution is 7.13. The summed E-state index contributed by atoms with van der Waals surface area (Å²) in [6.07, 6.45) is 0. The molecule has 1 aliphatic heterocycles. The van der Waals surface area contributed by atoms with Crippen molar-refractivity contribution in [3.8, 4) is 16.4 Å². The van der Waals surface area contributed by atoms with Gasteiger partial charge in [0, 0.05) is 20.1 Å². The van der Waals surface area contributed by atoms with Crippen LogP contribution < -0.4 is 0 Å². The van der Waals surface area contributed by atoms with E-state index in [2.05, 4.69) is 10.1 Å². The van der Waals surface area contributed by atoms with Crippen LogP contribution in [0.4, 0.5) is 4.39 Å².